The Balaban J connectivity index is 1.67. The summed E-state index contributed by atoms with van der Waals surface area (Å²) in [5.41, 5.74) is 3.58. The lowest BCUT2D eigenvalue weighted by molar-refractivity contribution is -0.385. The predicted molar refractivity (Wildman–Crippen MR) is 128 cm³/mol. The highest BCUT2D eigenvalue weighted by Gasteiger charge is 2.06. The van der Waals surface area contributed by atoms with Crippen LogP contribution in [-0.4, -0.2) is 9.85 Å². The van der Waals surface area contributed by atoms with Crippen LogP contribution in [0.3, 0.4) is 0 Å². The van der Waals surface area contributed by atoms with E-state index in [9.17, 15) is 20.2 Å². The van der Waals surface area contributed by atoms with Crippen LogP contribution in [0, 0.1) is 20.2 Å². The summed E-state index contributed by atoms with van der Waals surface area (Å²) in [6, 6.07) is 24.9. The van der Waals surface area contributed by atoms with E-state index in [0.717, 1.165) is 33.0 Å². The first-order chi connectivity index (χ1) is 15.5. The molecule has 0 aliphatic rings. The van der Waals surface area contributed by atoms with Gasteiger partial charge in [-0.2, -0.15) is 0 Å². The Morgan fingerprint density at radius 3 is 1.38 bits per heavy atom. The summed E-state index contributed by atoms with van der Waals surface area (Å²) in [6.07, 6.45) is 7.59. The van der Waals surface area contributed by atoms with E-state index in [1.807, 2.05) is 72.8 Å². The summed E-state index contributed by atoms with van der Waals surface area (Å²) in [5, 5.41) is 24.1. The zero-order chi connectivity index (χ0) is 22.5. The van der Waals surface area contributed by atoms with Crippen molar-refractivity contribution in [2.45, 2.75) is 0 Å². The fraction of sp³-hybridized carbons (Fsp3) is 0. The van der Waals surface area contributed by atoms with Crippen molar-refractivity contribution in [2.24, 2.45) is 0 Å². The van der Waals surface area contributed by atoms with Gasteiger partial charge in [-0.05, 0) is 33.0 Å². The first-order valence-corrected chi connectivity index (χ1v) is 9.88. The summed E-state index contributed by atoms with van der Waals surface area (Å²) in [5.74, 6) is 0. The second-order valence-corrected chi connectivity index (χ2v) is 7.16. The highest BCUT2D eigenvalue weighted by Crippen LogP contribution is 2.27. The maximum absolute atomic E-state index is 11.0. The van der Waals surface area contributed by atoms with E-state index >= 15 is 0 Å². The first-order valence-electron chi connectivity index (χ1n) is 9.88. The smallest absolute Gasteiger partial charge is 0.258 e. The molecule has 0 saturated carbocycles. The van der Waals surface area contributed by atoms with Gasteiger partial charge in [0.2, 0.25) is 0 Å². The molecule has 4 aromatic rings. The van der Waals surface area contributed by atoms with Crippen LogP contribution in [0.15, 0.2) is 84.9 Å². The van der Waals surface area contributed by atoms with Crippen LogP contribution in [0.5, 0.6) is 0 Å². The number of fused-ring (bicyclic) bond motifs is 1. The normalized spacial score (nSPS) is 11.4. The van der Waals surface area contributed by atoms with Crippen molar-refractivity contribution in [3.05, 3.63) is 127 Å². The number of nitro groups is 2. The van der Waals surface area contributed by atoms with Gasteiger partial charge in [0.15, 0.2) is 0 Å². The van der Waals surface area contributed by atoms with Crippen LogP contribution in [0.1, 0.15) is 22.3 Å². The van der Waals surface area contributed by atoms with Crippen molar-refractivity contribution in [3.63, 3.8) is 0 Å². The maximum atomic E-state index is 11.0. The first kappa shape index (κ1) is 20.7. The van der Waals surface area contributed by atoms with Gasteiger partial charge >= 0.3 is 0 Å². The Morgan fingerprint density at radius 2 is 0.969 bits per heavy atom. The summed E-state index contributed by atoms with van der Waals surface area (Å²) in [7, 11) is 0. The molecule has 0 aliphatic heterocycles. The van der Waals surface area contributed by atoms with Crippen LogP contribution >= 0.6 is 0 Å². The lowest BCUT2D eigenvalue weighted by Crippen LogP contribution is -1.87. The van der Waals surface area contributed by atoms with Gasteiger partial charge in [-0.3, -0.25) is 20.2 Å². The minimum atomic E-state index is -0.408. The lowest BCUT2D eigenvalue weighted by Gasteiger charge is -2.07. The monoisotopic (exact) mass is 422 g/mol. The van der Waals surface area contributed by atoms with Gasteiger partial charge in [-0.1, -0.05) is 85.0 Å². The molecule has 0 aliphatic carbocycles. The standard InChI is InChI=1S/C26H18N2O4/c29-27(30)23-7-3-5-19(17-23)11-13-21-15-16-22(26-10-2-1-9-25(21)26)14-12-20-6-4-8-24(18-20)28(31)32/h1-18H. The average molecular weight is 422 g/mol. The largest absolute Gasteiger partial charge is 0.270 e. The molecule has 0 heterocycles. The van der Waals surface area contributed by atoms with Crippen molar-refractivity contribution in [3.8, 4) is 0 Å². The molecule has 0 spiro atoms. The Hall–Kier alpha value is -4.58. The molecule has 0 aromatic heterocycles. The van der Waals surface area contributed by atoms with Crippen LogP contribution in [-0.2, 0) is 0 Å². The zero-order valence-corrected chi connectivity index (χ0v) is 16.9. The fourth-order valence-corrected chi connectivity index (χ4v) is 3.49. The molecule has 4 rings (SSSR count). The Bertz CT molecular complexity index is 1280. The second kappa shape index (κ2) is 9.06. The van der Waals surface area contributed by atoms with Crippen LogP contribution in [0.25, 0.3) is 35.1 Å². The van der Waals surface area contributed by atoms with Crippen molar-refractivity contribution < 1.29 is 9.85 Å². The van der Waals surface area contributed by atoms with E-state index in [4.69, 9.17) is 0 Å². The topological polar surface area (TPSA) is 86.3 Å². The molecule has 4 aromatic carbocycles. The molecule has 0 saturated heterocycles. The second-order valence-electron chi connectivity index (χ2n) is 7.16. The van der Waals surface area contributed by atoms with Crippen molar-refractivity contribution in [2.75, 3.05) is 0 Å². The third-order valence-corrected chi connectivity index (χ3v) is 5.06. The SMILES string of the molecule is O=[N+]([O-])c1cccc(C=Cc2ccc(C=Cc3cccc([N+](=O)[O-])c3)c3ccccc23)c1. The van der Waals surface area contributed by atoms with Crippen molar-refractivity contribution >= 4 is 46.5 Å². The Labute approximate surface area is 184 Å². The molecule has 0 radical (unpaired) electrons. The van der Waals surface area contributed by atoms with E-state index in [-0.39, 0.29) is 11.4 Å². The molecule has 0 bridgehead atoms. The quantitative estimate of drug-likeness (QED) is 0.190. The maximum Gasteiger partial charge on any atom is 0.270 e. The molecular weight excluding hydrogens is 404 g/mol. The van der Waals surface area contributed by atoms with E-state index < -0.39 is 9.85 Å². The molecule has 0 atom stereocenters. The molecule has 0 fully saturated rings. The van der Waals surface area contributed by atoms with Gasteiger partial charge in [0.1, 0.15) is 0 Å². The number of non-ortho nitro benzene ring substituents is 2. The fourth-order valence-electron chi connectivity index (χ4n) is 3.49. The van der Waals surface area contributed by atoms with Gasteiger partial charge in [0.25, 0.3) is 11.4 Å². The summed E-state index contributed by atoms with van der Waals surface area (Å²) < 4.78 is 0. The van der Waals surface area contributed by atoms with Crippen molar-refractivity contribution in [1.82, 2.24) is 0 Å². The van der Waals surface area contributed by atoms with Crippen LogP contribution in [0.4, 0.5) is 11.4 Å². The molecule has 156 valence electrons. The van der Waals surface area contributed by atoms with Gasteiger partial charge in [0, 0.05) is 24.3 Å². The van der Waals surface area contributed by atoms with E-state index in [1.54, 1.807) is 12.1 Å². The molecule has 6 heteroatoms. The molecular formula is C26H18N2O4. The molecule has 0 N–H and O–H groups in total. The predicted octanol–water partition coefficient (Wildman–Crippen LogP) is 7.00. The molecule has 0 unspecified atom stereocenters. The van der Waals surface area contributed by atoms with Crippen LogP contribution in [0.2, 0.25) is 0 Å². The molecule has 6 nitrogen and oxygen atoms in total. The highest BCUT2D eigenvalue weighted by molar-refractivity contribution is 5.99. The average Bonchev–Trinajstić information content (AvgIpc) is 2.82. The van der Waals surface area contributed by atoms with E-state index in [2.05, 4.69) is 0 Å². The minimum absolute atomic E-state index is 0.0543. The summed E-state index contributed by atoms with van der Waals surface area (Å²) >= 11 is 0. The number of hydrogen-bond acceptors (Lipinski definition) is 4. The van der Waals surface area contributed by atoms with E-state index in [1.165, 1.54) is 24.3 Å². The highest BCUT2D eigenvalue weighted by atomic mass is 16.6. The van der Waals surface area contributed by atoms with E-state index in [0.29, 0.717) is 0 Å². The number of nitro benzene ring substituents is 2. The molecule has 0 amide bonds. The number of hydrogen-bond donors (Lipinski definition) is 0. The number of benzene rings is 4. The zero-order valence-electron chi connectivity index (χ0n) is 16.9. The minimum Gasteiger partial charge on any atom is -0.258 e. The van der Waals surface area contributed by atoms with Crippen LogP contribution < -0.4 is 0 Å². The van der Waals surface area contributed by atoms with Gasteiger partial charge in [-0.25, -0.2) is 0 Å². The Kier molecular flexibility index (Phi) is 5.85. The van der Waals surface area contributed by atoms with Gasteiger partial charge in [0.05, 0.1) is 9.85 Å². The van der Waals surface area contributed by atoms with Gasteiger partial charge in [-0.15, -0.1) is 0 Å². The molecule has 32 heavy (non-hydrogen) atoms. The summed E-state index contributed by atoms with van der Waals surface area (Å²) in [4.78, 5) is 21.2. The lowest BCUT2D eigenvalue weighted by atomic mass is 9.98. The van der Waals surface area contributed by atoms with Crippen molar-refractivity contribution in [1.29, 1.82) is 0 Å². The number of nitrogens with zero attached hydrogens (tertiary/aromatic N) is 2. The third-order valence-electron chi connectivity index (χ3n) is 5.06. The Morgan fingerprint density at radius 1 is 0.531 bits per heavy atom. The number of rotatable bonds is 6. The summed E-state index contributed by atoms with van der Waals surface area (Å²) in [6.45, 7) is 0. The van der Waals surface area contributed by atoms with Gasteiger partial charge < -0.3 is 0 Å². The third kappa shape index (κ3) is 4.60.